The Balaban J connectivity index is 1.78. The van der Waals surface area contributed by atoms with Crippen LogP contribution >= 0.6 is 15.9 Å². The molecule has 92 valence electrons. The summed E-state index contributed by atoms with van der Waals surface area (Å²) in [5, 5.41) is 0. The summed E-state index contributed by atoms with van der Waals surface area (Å²) < 4.78 is 17.9. The number of hydrogen-bond acceptors (Lipinski definition) is 3. The molecule has 2 heterocycles. The van der Waals surface area contributed by atoms with E-state index in [0.717, 1.165) is 48.4 Å². The van der Waals surface area contributed by atoms with Gasteiger partial charge in [0.05, 0.1) is 17.7 Å². The van der Waals surface area contributed by atoms with Gasteiger partial charge in [-0.15, -0.1) is 0 Å². The summed E-state index contributed by atoms with van der Waals surface area (Å²) in [6.07, 6.45) is 4.15. The van der Waals surface area contributed by atoms with Crippen LogP contribution in [0.5, 0.6) is 11.5 Å². The minimum absolute atomic E-state index is 0.0968. The zero-order chi connectivity index (χ0) is 11.7. The lowest BCUT2D eigenvalue weighted by Crippen LogP contribution is -2.25. The van der Waals surface area contributed by atoms with Crippen molar-refractivity contribution in [1.82, 2.24) is 0 Å². The average Bonchev–Trinajstić information content (AvgIpc) is 2.78. The van der Waals surface area contributed by atoms with Crippen LogP contribution in [0.2, 0.25) is 0 Å². The van der Waals surface area contributed by atoms with Crippen molar-refractivity contribution < 1.29 is 14.2 Å². The Morgan fingerprint density at radius 1 is 1.24 bits per heavy atom. The van der Waals surface area contributed by atoms with Crippen molar-refractivity contribution in [3.05, 3.63) is 22.2 Å². The zero-order valence-corrected chi connectivity index (χ0v) is 11.2. The van der Waals surface area contributed by atoms with Gasteiger partial charge in [-0.3, -0.25) is 0 Å². The minimum atomic E-state index is -0.0968. The molecule has 1 atom stereocenters. The lowest BCUT2D eigenvalue weighted by atomic mass is 10.1. The molecule has 0 N–H and O–H groups in total. The molecular weight excluding hydrogens is 284 g/mol. The Hall–Kier alpha value is -0.740. The number of hydrogen-bond donors (Lipinski definition) is 0. The fourth-order valence-electron chi connectivity index (χ4n) is 2.21. The molecule has 0 radical (unpaired) electrons. The normalized spacial score (nSPS) is 23.0. The Morgan fingerprint density at radius 2 is 2.18 bits per heavy atom. The van der Waals surface area contributed by atoms with E-state index < -0.39 is 0 Å². The summed E-state index contributed by atoms with van der Waals surface area (Å²) in [7, 11) is 0. The van der Waals surface area contributed by atoms with Crippen LogP contribution in [0, 0.1) is 0 Å². The van der Waals surface area contributed by atoms with E-state index in [2.05, 4.69) is 22.0 Å². The highest BCUT2D eigenvalue weighted by Crippen LogP contribution is 2.36. The smallest absolute Gasteiger partial charge is 0.199 e. The van der Waals surface area contributed by atoms with Crippen LogP contribution < -0.4 is 9.47 Å². The van der Waals surface area contributed by atoms with E-state index in [1.165, 1.54) is 12.0 Å². The number of ether oxygens (including phenoxy) is 3. The molecule has 0 spiro atoms. The highest BCUT2D eigenvalue weighted by atomic mass is 79.9. The fraction of sp³-hybridized carbons (Fsp3) is 0.538. The largest absolute Gasteiger partial charge is 0.493 e. The molecule has 2 aliphatic rings. The van der Waals surface area contributed by atoms with E-state index in [9.17, 15) is 0 Å². The molecule has 2 aliphatic heterocycles. The molecule has 3 nitrogen and oxygen atoms in total. The molecule has 4 heteroatoms. The lowest BCUT2D eigenvalue weighted by Gasteiger charge is -2.24. The monoisotopic (exact) mass is 298 g/mol. The third-order valence-electron chi connectivity index (χ3n) is 3.14. The van der Waals surface area contributed by atoms with Crippen LogP contribution in [0.15, 0.2) is 16.6 Å². The van der Waals surface area contributed by atoms with Gasteiger partial charge >= 0.3 is 0 Å². The quantitative estimate of drug-likeness (QED) is 0.838. The Labute approximate surface area is 109 Å². The predicted molar refractivity (Wildman–Crippen MR) is 67.6 cm³/mol. The highest BCUT2D eigenvalue weighted by Gasteiger charge is 2.20. The van der Waals surface area contributed by atoms with Crippen molar-refractivity contribution >= 4 is 15.9 Å². The van der Waals surface area contributed by atoms with Crippen molar-refractivity contribution in [3.63, 3.8) is 0 Å². The average molecular weight is 299 g/mol. The van der Waals surface area contributed by atoms with Crippen molar-refractivity contribution in [2.75, 3.05) is 13.2 Å². The molecule has 1 aromatic carbocycles. The molecule has 3 rings (SSSR count). The van der Waals surface area contributed by atoms with Gasteiger partial charge in [0.25, 0.3) is 0 Å². The molecule has 0 amide bonds. The van der Waals surface area contributed by atoms with Gasteiger partial charge in [0.15, 0.2) is 6.29 Å². The van der Waals surface area contributed by atoms with Crippen LogP contribution in [0.1, 0.15) is 24.8 Å². The van der Waals surface area contributed by atoms with E-state index in [0.29, 0.717) is 0 Å². The summed E-state index contributed by atoms with van der Waals surface area (Å²) in [4.78, 5) is 0. The van der Waals surface area contributed by atoms with Gasteiger partial charge in [0.1, 0.15) is 11.5 Å². The molecular formula is C13H15BrO3. The van der Waals surface area contributed by atoms with Crippen molar-refractivity contribution in [3.8, 4) is 11.5 Å². The van der Waals surface area contributed by atoms with Crippen LogP contribution in [0.4, 0.5) is 0 Å². The first-order chi connectivity index (χ1) is 8.33. The van der Waals surface area contributed by atoms with Crippen LogP contribution in [-0.4, -0.2) is 19.5 Å². The van der Waals surface area contributed by atoms with Gasteiger partial charge in [-0.05, 0) is 40.9 Å². The van der Waals surface area contributed by atoms with Gasteiger partial charge < -0.3 is 14.2 Å². The third kappa shape index (κ3) is 2.43. The second-order valence-corrected chi connectivity index (χ2v) is 5.26. The number of benzene rings is 1. The SMILES string of the molecule is Brc1cc2c(cc1OC1CCCCO1)CCO2. The Kier molecular flexibility index (Phi) is 3.25. The van der Waals surface area contributed by atoms with Crippen molar-refractivity contribution in [1.29, 1.82) is 0 Å². The number of halogens is 1. The van der Waals surface area contributed by atoms with Crippen LogP contribution in [0.25, 0.3) is 0 Å². The molecule has 1 fully saturated rings. The maximum atomic E-state index is 5.89. The minimum Gasteiger partial charge on any atom is -0.493 e. The first-order valence-corrected chi connectivity index (χ1v) is 6.86. The summed E-state index contributed by atoms with van der Waals surface area (Å²) in [5.41, 5.74) is 1.22. The lowest BCUT2D eigenvalue weighted by molar-refractivity contribution is -0.106. The first-order valence-electron chi connectivity index (χ1n) is 6.06. The summed E-state index contributed by atoms with van der Waals surface area (Å²) >= 11 is 3.52. The van der Waals surface area contributed by atoms with E-state index in [4.69, 9.17) is 14.2 Å². The topological polar surface area (TPSA) is 27.7 Å². The number of rotatable bonds is 2. The standard InChI is InChI=1S/C13H15BrO3/c14-10-8-11-9(4-6-15-11)7-12(10)17-13-3-1-2-5-16-13/h7-8,13H,1-6H2. The Bertz CT molecular complexity index is 413. The van der Waals surface area contributed by atoms with Crippen LogP contribution in [-0.2, 0) is 11.2 Å². The zero-order valence-electron chi connectivity index (χ0n) is 9.58. The summed E-state index contributed by atoms with van der Waals surface area (Å²) in [6, 6.07) is 4.05. The summed E-state index contributed by atoms with van der Waals surface area (Å²) in [5.74, 6) is 1.83. The maximum Gasteiger partial charge on any atom is 0.199 e. The summed E-state index contributed by atoms with van der Waals surface area (Å²) in [6.45, 7) is 1.57. The molecule has 0 aliphatic carbocycles. The van der Waals surface area contributed by atoms with E-state index in [1.54, 1.807) is 0 Å². The first kappa shape index (κ1) is 11.4. The molecule has 1 unspecified atom stereocenters. The van der Waals surface area contributed by atoms with E-state index in [-0.39, 0.29) is 6.29 Å². The predicted octanol–water partition coefficient (Wildman–Crippen LogP) is 3.29. The maximum absolute atomic E-state index is 5.89. The Morgan fingerprint density at radius 3 is 3.00 bits per heavy atom. The van der Waals surface area contributed by atoms with Crippen molar-refractivity contribution in [2.45, 2.75) is 32.0 Å². The highest BCUT2D eigenvalue weighted by molar-refractivity contribution is 9.10. The third-order valence-corrected chi connectivity index (χ3v) is 3.76. The van der Waals surface area contributed by atoms with Crippen molar-refractivity contribution in [2.24, 2.45) is 0 Å². The van der Waals surface area contributed by atoms with E-state index >= 15 is 0 Å². The van der Waals surface area contributed by atoms with Gasteiger partial charge in [0.2, 0.25) is 0 Å². The van der Waals surface area contributed by atoms with Gasteiger partial charge in [0, 0.05) is 18.4 Å². The second-order valence-electron chi connectivity index (χ2n) is 4.40. The molecule has 0 aromatic heterocycles. The number of fused-ring (bicyclic) bond motifs is 1. The van der Waals surface area contributed by atoms with Crippen LogP contribution in [0.3, 0.4) is 0 Å². The van der Waals surface area contributed by atoms with Gasteiger partial charge in [-0.2, -0.15) is 0 Å². The second kappa shape index (κ2) is 4.86. The molecule has 1 aromatic rings. The van der Waals surface area contributed by atoms with Gasteiger partial charge in [-0.1, -0.05) is 0 Å². The molecule has 1 saturated heterocycles. The molecule has 17 heavy (non-hydrogen) atoms. The van der Waals surface area contributed by atoms with Gasteiger partial charge in [-0.25, -0.2) is 0 Å². The molecule has 0 bridgehead atoms. The molecule has 0 saturated carbocycles. The van der Waals surface area contributed by atoms with E-state index in [1.807, 2.05) is 6.07 Å². The fourth-order valence-corrected chi connectivity index (χ4v) is 2.63.